The van der Waals surface area contributed by atoms with Gasteiger partial charge in [-0.15, -0.1) is 0 Å². The van der Waals surface area contributed by atoms with E-state index >= 15 is 0 Å². The van der Waals surface area contributed by atoms with Crippen LogP contribution in [0.25, 0.3) is 0 Å². The van der Waals surface area contributed by atoms with Crippen LogP contribution in [0.15, 0.2) is 22.7 Å². The number of ether oxygens (including phenoxy) is 1. The molecule has 0 heterocycles. The number of halogens is 3. The van der Waals surface area contributed by atoms with Crippen molar-refractivity contribution in [3.8, 4) is 5.75 Å². The van der Waals surface area contributed by atoms with Gasteiger partial charge in [-0.05, 0) is 31.0 Å². The second-order valence-electron chi connectivity index (χ2n) is 4.82. The van der Waals surface area contributed by atoms with E-state index in [-0.39, 0.29) is 0 Å². The van der Waals surface area contributed by atoms with Gasteiger partial charge in [-0.2, -0.15) is 0 Å². The lowest BCUT2D eigenvalue weighted by Gasteiger charge is -2.15. The lowest BCUT2D eigenvalue weighted by molar-refractivity contribution is 0.0813. The molecule has 1 saturated carbocycles. The van der Waals surface area contributed by atoms with Crippen molar-refractivity contribution in [2.75, 3.05) is 6.61 Å². The van der Waals surface area contributed by atoms with Crippen molar-refractivity contribution in [2.45, 2.75) is 44.7 Å². The van der Waals surface area contributed by atoms with Gasteiger partial charge < -0.3 is 10.1 Å². The summed E-state index contributed by atoms with van der Waals surface area (Å²) in [5, 5.41) is 3.46. The summed E-state index contributed by atoms with van der Waals surface area (Å²) in [4.78, 5) is 0. The van der Waals surface area contributed by atoms with Crippen molar-refractivity contribution in [3.05, 3.63) is 28.2 Å². The Labute approximate surface area is 120 Å². The summed E-state index contributed by atoms with van der Waals surface area (Å²) in [5.41, 5.74) is 0.918. The molecule has 1 aromatic rings. The van der Waals surface area contributed by atoms with Crippen LogP contribution in [0.4, 0.5) is 8.78 Å². The molecule has 106 valence electrons. The molecule has 0 spiro atoms. The molecule has 0 amide bonds. The molecule has 19 heavy (non-hydrogen) atoms. The van der Waals surface area contributed by atoms with Gasteiger partial charge in [0.05, 0.1) is 0 Å². The quantitative estimate of drug-likeness (QED) is 0.845. The summed E-state index contributed by atoms with van der Waals surface area (Å²) >= 11 is 3.40. The molecule has 0 atom stereocenters. The summed E-state index contributed by atoms with van der Waals surface area (Å²) < 4.78 is 30.5. The van der Waals surface area contributed by atoms with Gasteiger partial charge in [0.15, 0.2) is 0 Å². The highest BCUT2D eigenvalue weighted by Gasteiger charge is 2.15. The van der Waals surface area contributed by atoms with Gasteiger partial charge in [0, 0.05) is 22.6 Å². The van der Waals surface area contributed by atoms with Gasteiger partial charge in [0.1, 0.15) is 12.4 Å². The zero-order valence-electron chi connectivity index (χ0n) is 10.7. The minimum atomic E-state index is -2.45. The normalized spacial score (nSPS) is 16.2. The average Bonchev–Trinajstić information content (AvgIpc) is 2.88. The van der Waals surface area contributed by atoms with Gasteiger partial charge in [-0.1, -0.05) is 28.8 Å². The number of hydrogen-bond donors (Lipinski definition) is 1. The molecule has 1 aromatic carbocycles. The molecule has 1 aliphatic carbocycles. The van der Waals surface area contributed by atoms with E-state index in [0.29, 0.717) is 18.3 Å². The topological polar surface area (TPSA) is 21.3 Å². The van der Waals surface area contributed by atoms with E-state index in [9.17, 15) is 8.78 Å². The van der Waals surface area contributed by atoms with Crippen molar-refractivity contribution in [1.29, 1.82) is 0 Å². The first-order valence-corrected chi connectivity index (χ1v) is 7.37. The Hall–Kier alpha value is -0.680. The van der Waals surface area contributed by atoms with Crippen LogP contribution in [0.5, 0.6) is 5.75 Å². The van der Waals surface area contributed by atoms with Crippen molar-refractivity contribution in [2.24, 2.45) is 0 Å². The summed E-state index contributed by atoms with van der Waals surface area (Å²) in [5.74, 6) is 0.536. The minimum absolute atomic E-state index is 0.536. The van der Waals surface area contributed by atoms with Gasteiger partial charge in [0.2, 0.25) is 0 Å². The molecule has 1 N–H and O–H groups in total. The number of alkyl halides is 2. The summed E-state index contributed by atoms with van der Waals surface area (Å²) in [7, 11) is 0. The number of nitrogens with one attached hydrogen (secondary N) is 1. The summed E-state index contributed by atoms with van der Waals surface area (Å²) in [6.45, 7) is 0.0980. The van der Waals surface area contributed by atoms with E-state index in [2.05, 4.69) is 21.2 Å². The van der Waals surface area contributed by atoms with Crippen LogP contribution in [-0.4, -0.2) is 19.1 Å². The molecule has 2 nitrogen and oxygen atoms in total. The first kappa shape index (κ1) is 14.7. The molecule has 2 rings (SSSR count). The van der Waals surface area contributed by atoms with Crippen LogP contribution in [0.3, 0.4) is 0 Å². The van der Waals surface area contributed by atoms with Crippen LogP contribution in [0, 0.1) is 0 Å². The maximum atomic E-state index is 12.2. The zero-order valence-corrected chi connectivity index (χ0v) is 12.3. The van der Waals surface area contributed by atoms with Gasteiger partial charge in [0.25, 0.3) is 6.43 Å². The third-order valence-corrected chi connectivity index (χ3v) is 3.82. The highest BCUT2D eigenvalue weighted by molar-refractivity contribution is 9.10. The molecule has 0 unspecified atom stereocenters. The van der Waals surface area contributed by atoms with Gasteiger partial charge >= 0.3 is 0 Å². The lowest BCUT2D eigenvalue weighted by Crippen LogP contribution is -2.25. The Bertz CT molecular complexity index is 408. The SMILES string of the molecule is FC(F)COc1ccc(Br)cc1CNC1CCCC1. The molecular weight excluding hydrogens is 316 g/mol. The summed E-state index contributed by atoms with van der Waals surface area (Å²) in [6, 6.07) is 6.00. The molecule has 0 aromatic heterocycles. The van der Waals surface area contributed by atoms with Crippen LogP contribution in [-0.2, 0) is 6.54 Å². The Morgan fingerprint density at radius 3 is 2.74 bits per heavy atom. The molecule has 1 aliphatic rings. The third-order valence-electron chi connectivity index (χ3n) is 3.32. The largest absolute Gasteiger partial charge is 0.487 e. The van der Waals surface area contributed by atoms with Crippen LogP contribution in [0.1, 0.15) is 31.2 Å². The standard InChI is InChI=1S/C14H18BrF2NO/c15-11-5-6-13(19-9-14(16)17)10(7-11)8-18-12-3-1-2-4-12/h5-7,12,14,18H,1-4,8-9H2. The third kappa shape index (κ3) is 4.73. The molecular formula is C14H18BrF2NO. The van der Waals surface area contributed by atoms with E-state index in [1.807, 2.05) is 6.07 Å². The van der Waals surface area contributed by atoms with Crippen molar-refractivity contribution in [3.63, 3.8) is 0 Å². The predicted octanol–water partition coefficient (Wildman–Crippen LogP) is 4.13. The second kappa shape index (κ2) is 7.20. The lowest BCUT2D eigenvalue weighted by atomic mass is 10.1. The van der Waals surface area contributed by atoms with Gasteiger partial charge in [-0.3, -0.25) is 0 Å². The molecule has 0 radical (unpaired) electrons. The predicted molar refractivity (Wildman–Crippen MR) is 74.7 cm³/mol. The van der Waals surface area contributed by atoms with E-state index < -0.39 is 13.0 Å². The van der Waals surface area contributed by atoms with Crippen molar-refractivity contribution < 1.29 is 13.5 Å². The minimum Gasteiger partial charge on any atom is -0.487 e. The molecule has 0 saturated heterocycles. The smallest absolute Gasteiger partial charge is 0.272 e. The average molecular weight is 334 g/mol. The fourth-order valence-corrected chi connectivity index (χ4v) is 2.77. The van der Waals surface area contributed by atoms with Crippen molar-refractivity contribution >= 4 is 15.9 Å². The molecule has 1 fully saturated rings. The highest BCUT2D eigenvalue weighted by Crippen LogP contribution is 2.25. The second-order valence-corrected chi connectivity index (χ2v) is 5.73. The Balaban J connectivity index is 1.97. The monoisotopic (exact) mass is 333 g/mol. The van der Waals surface area contributed by atoms with E-state index in [1.54, 1.807) is 12.1 Å². The first-order chi connectivity index (χ1) is 9.15. The Kier molecular flexibility index (Phi) is 5.58. The fourth-order valence-electron chi connectivity index (χ4n) is 2.36. The van der Waals surface area contributed by atoms with Crippen LogP contribution < -0.4 is 10.1 Å². The fraction of sp³-hybridized carbons (Fsp3) is 0.571. The zero-order chi connectivity index (χ0) is 13.7. The van der Waals surface area contributed by atoms with E-state index in [0.717, 1.165) is 10.0 Å². The van der Waals surface area contributed by atoms with E-state index in [4.69, 9.17) is 4.74 Å². The summed E-state index contributed by atoms with van der Waals surface area (Å²) in [6.07, 6.45) is 2.48. The highest BCUT2D eigenvalue weighted by atomic mass is 79.9. The van der Waals surface area contributed by atoms with Crippen LogP contribution >= 0.6 is 15.9 Å². The number of benzene rings is 1. The Morgan fingerprint density at radius 2 is 2.05 bits per heavy atom. The Morgan fingerprint density at radius 1 is 1.32 bits per heavy atom. The maximum absolute atomic E-state index is 12.2. The van der Waals surface area contributed by atoms with Crippen LogP contribution in [0.2, 0.25) is 0 Å². The molecule has 0 bridgehead atoms. The van der Waals surface area contributed by atoms with Gasteiger partial charge in [-0.25, -0.2) is 8.78 Å². The number of hydrogen-bond acceptors (Lipinski definition) is 2. The first-order valence-electron chi connectivity index (χ1n) is 6.58. The molecule has 5 heteroatoms. The number of rotatable bonds is 6. The molecule has 0 aliphatic heterocycles. The van der Waals surface area contributed by atoms with E-state index in [1.165, 1.54) is 25.7 Å². The maximum Gasteiger partial charge on any atom is 0.272 e. The van der Waals surface area contributed by atoms with Crippen molar-refractivity contribution in [1.82, 2.24) is 5.32 Å².